The summed E-state index contributed by atoms with van der Waals surface area (Å²) in [7, 11) is 1.53. The third-order valence-corrected chi connectivity index (χ3v) is 2.81. The molecular formula is C12H16ClN3O3. The van der Waals surface area contributed by atoms with Crippen LogP contribution in [0.1, 0.15) is 12.8 Å². The van der Waals surface area contributed by atoms with E-state index in [9.17, 15) is 9.59 Å². The first-order chi connectivity index (χ1) is 8.60. The molecule has 1 saturated heterocycles. The molecule has 1 aliphatic rings. The van der Waals surface area contributed by atoms with Gasteiger partial charge in [-0.1, -0.05) is 0 Å². The lowest BCUT2D eigenvalue weighted by atomic mass is 10.2. The number of nitrogens with two attached hydrogens (primary N) is 1. The van der Waals surface area contributed by atoms with Crippen LogP contribution in [0.3, 0.4) is 0 Å². The maximum absolute atomic E-state index is 11.8. The Hall–Kier alpha value is -1.95. The number of rotatable bonds is 3. The van der Waals surface area contributed by atoms with Crippen molar-refractivity contribution < 1.29 is 14.3 Å². The minimum atomic E-state index is -0.458. The molecule has 1 aliphatic heterocycles. The van der Waals surface area contributed by atoms with Gasteiger partial charge >= 0.3 is 0 Å². The Bertz CT molecular complexity index is 493. The second-order valence-electron chi connectivity index (χ2n) is 4.10. The van der Waals surface area contributed by atoms with Gasteiger partial charge in [-0.2, -0.15) is 0 Å². The van der Waals surface area contributed by atoms with Crippen LogP contribution in [0, 0.1) is 0 Å². The third kappa shape index (κ3) is 3.51. The topological polar surface area (TPSA) is 93.4 Å². The average molecular weight is 286 g/mol. The SMILES string of the molecule is COc1ccc(NC(=O)C2CCC(=O)N2)cc1N.Cl. The number of hydrogen-bond acceptors (Lipinski definition) is 4. The molecule has 104 valence electrons. The smallest absolute Gasteiger partial charge is 0.246 e. The molecule has 19 heavy (non-hydrogen) atoms. The number of carbonyl (C=O) groups is 2. The van der Waals surface area contributed by atoms with E-state index < -0.39 is 6.04 Å². The maximum atomic E-state index is 11.8. The maximum Gasteiger partial charge on any atom is 0.246 e. The first kappa shape index (κ1) is 15.1. The zero-order valence-corrected chi connectivity index (χ0v) is 11.3. The summed E-state index contributed by atoms with van der Waals surface area (Å²) in [6, 6.07) is 4.54. The normalized spacial score (nSPS) is 17.3. The van der Waals surface area contributed by atoms with E-state index in [0.717, 1.165) is 0 Å². The summed E-state index contributed by atoms with van der Waals surface area (Å²) in [6.07, 6.45) is 0.916. The molecule has 1 fully saturated rings. The van der Waals surface area contributed by atoms with Gasteiger partial charge in [-0.05, 0) is 24.6 Å². The highest BCUT2D eigenvalue weighted by Gasteiger charge is 2.27. The molecule has 1 aromatic rings. The second kappa shape index (κ2) is 6.29. The Labute approximate surface area is 117 Å². The Morgan fingerprint density at radius 1 is 1.53 bits per heavy atom. The van der Waals surface area contributed by atoms with E-state index in [-0.39, 0.29) is 24.2 Å². The molecule has 0 radical (unpaired) electrons. The number of carbonyl (C=O) groups excluding carboxylic acids is 2. The molecule has 2 rings (SSSR count). The summed E-state index contributed by atoms with van der Waals surface area (Å²) in [4.78, 5) is 22.8. The Morgan fingerprint density at radius 3 is 2.79 bits per heavy atom. The zero-order valence-electron chi connectivity index (χ0n) is 10.4. The number of methoxy groups -OCH3 is 1. The third-order valence-electron chi connectivity index (χ3n) is 2.81. The van der Waals surface area contributed by atoms with Crippen molar-refractivity contribution >= 4 is 35.6 Å². The van der Waals surface area contributed by atoms with Gasteiger partial charge in [0.2, 0.25) is 11.8 Å². The van der Waals surface area contributed by atoms with Crippen LogP contribution >= 0.6 is 12.4 Å². The highest BCUT2D eigenvalue weighted by Crippen LogP contribution is 2.24. The van der Waals surface area contributed by atoms with Crippen LogP contribution < -0.4 is 21.1 Å². The van der Waals surface area contributed by atoms with Gasteiger partial charge in [0.15, 0.2) is 0 Å². The number of anilines is 2. The molecule has 7 heteroatoms. The van der Waals surface area contributed by atoms with Gasteiger partial charge in [0, 0.05) is 12.1 Å². The average Bonchev–Trinajstić information content (AvgIpc) is 2.76. The summed E-state index contributed by atoms with van der Waals surface area (Å²) in [6.45, 7) is 0. The highest BCUT2D eigenvalue weighted by molar-refractivity contribution is 5.99. The Morgan fingerprint density at radius 2 is 2.26 bits per heavy atom. The second-order valence-corrected chi connectivity index (χ2v) is 4.10. The molecule has 1 aromatic carbocycles. The number of benzene rings is 1. The predicted octanol–water partition coefficient (Wildman–Crippen LogP) is 0.916. The fourth-order valence-electron chi connectivity index (χ4n) is 1.85. The van der Waals surface area contributed by atoms with E-state index in [1.165, 1.54) is 7.11 Å². The summed E-state index contributed by atoms with van der Waals surface area (Å²) in [5.74, 6) is 0.233. The minimum Gasteiger partial charge on any atom is -0.495 e. The number of hydrogen-bond donors (Lipinski definition) is 3. The van der Waals surface area contributed by atoms with Gasteiger partial charge in [-0.25, -0.2) is 0 Å². The fraction of sp³-hybridized carbons (Fsp3) is 0.333. The van der Waals surface area contributed by atoms with Crippen LogP contribution in [0.5, 0.6) is 5.75 Å². The van der Waals surface area contributed by atoms with Crippen LogP contribution in [-0.2, 0) is 9.59 Å². The van der Waals surface area contributed by atoms with Crippen LogP contribution in [0.4, 0.5) is 11.4 Å². The first-order valence-electron chi connectivity index (χ1n) is 5.64. The number of amides is 2. The monoisotopic (exact) mass is 285 g/mol. The van der Waals surface area contributed by atoms with E-state index in [1.54, 1.807) is 18.2 Å². The summed E-state index contributed by atoms with van der Waals surface area (Å²) < 4.78 is 5.02. The van der Waals surface area contributed by atoms with E-state index in [2.05, 4.69) is 10.6 Å². The van der Waals surface area contributed by atoms with Crippen molar-refractivity contribution in [2.45, 2.75) is 18.9 Å². The largest absolute Gasteiger partial charge is 0.495 e. The summed E-state index contributed by atoms with van der Waals surface area (Å²) in [5.41, 5.74) is 6.77. The van der Waals surface area contributed by atoms with Gasteiger partial charge in [-0.15, -0.1) is 12.4 Å². The zero-order chi connectivity index (χ0) is 13.1. The lowest BCUT2D eigenvalue weighted by Crippen LogP contribution is -2.37. The van der Waals surface area contributed by atoms with E-state index in [0.29, 0.717) is 30.0 Å². The van der Waals surface area contributed by atoms with Crippen molar-refractivity contribution in [1.29, 1.82) is 0 Å². The van der Waals surface area contributed by atoms with Gasteiger partial charge in [-0.3, -0.25) is 9.59 Å². The Balaban J connectivity index is 0.00000180. The van der Waals surface area contributed by atoms with E-state index in [4.69, 9.17) is 10.5 Å². The standard InChI is InChI=1S/C12H15N3O3.ClH/c1-18-10-4-2-7(6-8(10)13)14-12(17)9-3-5-11(16)15-9;/h2,4,6,9H,3,5,13H2,1H3,(H,14,17)(H,15,16);1H. The van der Waals surface area contributed by atoms with Crippen molar-refractivity contribution in [3.05, 3.63) is 18.2 Å². The lowest BCUT2D eigenvalue weighted by Gasteiger charge is -2.12. The van der Waals surface area contributed by atoms with Gasteiger partial charge in [0.25, 0.3) is 0 Å². The van der Waals surface area contributed by atoms with Crippen LogP contribution in [0.2, 0.25) is 0 Å². The minimum absolute atomic E-state index is 0. The fourth-order valence-corrected chi connectivity index (χ4v) is 1.85. The van der Waals surface area contributed by atoms with Crippen LogP contribution in [0.25, 0.3) is 0 Å². The van der Waals surface area contributed by atoms with Crippen molar-refractivity contribution in [2.24, 2.45) is 0 Å². The Kier molecular flexibility index (Phi) is 5.00. The quantitative estimate of drug-likeness (QED) is 0.720. The van der Waals surface area contributed by atoms with Crippen molar-refractivity contribution in [3.8, 4) is 5.75 Å². The van der Waals surface area contributed by atoms with E-state index >= 15 is 0 Å². The highest BCUT2D eigenvalue weighted by atomic mass is 35.5. The van der Waals surface area contributed by atoms with Gasteiger partial charge in [0.05, 0.1) is 12.8 Å². The molecule has 0 aliphatic carbocycles. The number of ether oxygens (including phenoxy) is 1. The summed E-state index contributed by atoms with van der Waals surface area (Å²) >= 11 is 0. The molecule has 2 amide bonds. The van der Waals surface area contributed by atoms with Crippen molar-refractivity contribution in [3.63, 3.8) is 0 Å². The van der Waals surface area contributed by atoms with Gasteiger partial charge < -0.3 is 21.1 Å². The predicted molar refractivity (Wildman–Crippen MR) is 74.4 cm³/mol. The molecule has 6 nitrogen and oxygen atoms in total. The molecular weight excluding hydrogens is 270 g/mol. The molecule has 0 bridgehead atoms. The lowest BCUT2D eigenvalue weighted by molar-refractivity contribution is -0.122. The first-order valence-corrected chi connectivity index (χ1v) is 5.64. The molecule has 0 aromatic heterocycles. The number of halogens is 1. The molecule has 1 heterocycles. The van der Waals surface area contributed by atoms with Crippen molar-refractivity contribution in [1.82, 2.24) is 5.32 Å². The van der Waals surface area contributed by atoms with Crippen molar-refractivity contribution in [2.75, 3.05) is 18.2 Å². The summed E-state index contributed by atoms with van der Waals surface area (Å²) in [5, 5.41) is 5.31. The molecule has 0 spiro atoms. The number of nitrogen functional groups attached to an aromatic ring is 1. The van der Waals surface area contributed by atoms with Gasteiger partial charge in [0.1, 0.15) is 11.8 Å². The molecule has 0 saturated carbocycles. The van der Waals surface area contributed by atoms with E-state index in [1.807, 2.05) is 0 Å². The molecule has 4 N–H and O–H groups in total. The van der Waals surface area contributed by atoms with Crippen LogP contribution in [-0.4, -0.2) is 25.0 Å². The molecule has 1 unspecified atom stereocenters. The number of nitrogens with one attached hydrogen (secondary N) is 2. The molecule has 1 atom stereocenters. The van der Waals surface area contributed by atoms with Crippen LogP contribution in [0.15, 0.2) is 18.2 Å².